The number of benzene rings is 1. The number of nitrogens with one attached hydrogen (secondary N) is 1. The van der Waals surface area contributed by atoms with Crippen LogP contribution < -0.4 is 14.9 Å². The van der Waals surface area contributed by atoms with E-state index in [0.717, 1.165) is 11.3 Å². The first kappa shape index (κ1) is 18.4. The highest BCUT2D eigenvalue weighted by Crippen LogP contribution is 2.25. The Kier molecular flexibility index (Phi) is 6.51. The van der Waals surface area contributed by atoms with Crippen molar-refractivity contribution >= 4 is 12.1 Å². The Labute approximate surface area is 147 Å². The first-order valence-electron chi connectivity index (χ1n) is 8.16. The van der Waals surface area contributed by atoms with Crippen LogP contribution in [0, 0.1) is 0 Å². The van der Waals surface area contributed by atoms with E-state index < -0.39 is 0 Å². The summed E-state index contributed by atoms with van der Waals surface area (Å²) in [4.78, 5) is 15.9. The largest absolute Gasteiger partial charge is 0.491 e. The molecule has 1 aromatic carbocycles. The van der Waals surface area contributed by atoms with E-state index in [9.17, 15) is 4.79 Å². The van der Waals surface area contributed by atoms with E-state index >= 15 is 0 Å². The number of nitrogens with zero attached hydrogens (tertiary/aromatic N) is 2. The first-order valence-corrected chi connectivity index (χ1v) is 8.16. The van der Waals surface area contributed by atoms with Gasteiger partial charge in [0, 0.05) is 24.0 Å². The van der Waals surface area contributed by atoms with Gasteiger partial charge in [-0.1, -0.05) is 0 Å². The third-order valence-electron chi connectivity index (χ3n) is 3.01. The average molecular weight is 341 g/mol. The predicted octanol–water partition coefficient (Wildman–Crippen LogP) is 3.42. The minimum absolute atomic E-state index is 0.00596. The molecule has 6 nitrogen and oxygen atoms in total. The Bertz CT molecular complexity index is 728. The van der Waals surface area contributed by atoms with Gasteiger partial charge in [0.1, 0.15) is 11.5 Å². The molecule has 0 radical (unpaired) electrons. The van der Waals surface area contributed by atoms with Gasteiger partial charge < -0.3 is 9.47 Å². The molecule has 0 fully saturated rings. The molecule has 0 saturated heterocycles. The summed E-state index contributed by atoms with van der Waals surface area (Å²) >= 11 is 0. The van der Waals surface area contributed by atoms with Crippen molar-refractivity contribution in [3.05, 3.63) is 53.9 Å². The van der Waals surface area contributed by atoms with Gasteiger partial charge in [-0.25, -0.2) is 5.43 Å². The molecule has 6 heteroatoms. The molecule has 2 aromatic rings. The van der Waals surface area contributed by atoms with E-state index in [1.165, 1.54) is 6.20 Å². The molecule has 0 saturated carbocycles. The Morgan fingerprint density at radius 3 is 2.56 bits per heavy atom. The van der Waals surface area contributed by atoms with Gasteiger partial charge in [-0.15, -0.1) is 0 Å². The number of rotatable bonds is 7. The number of amides is 1. The molecule has 1 N–H and O–H groups in total. The molecule has 1 amide bonds. The highest BCUT2D eigenvalue weighted by molar-refractivity contribution is 5.94. The molecule has 0 aliphatic heterocycles. The van der Waals surface area contributed by atoms with Gasteiger partial charge in [-0.2, -0.15) is 5.10 Å². The van der Waals surface area contributed by atoms with Gasteiger partial charge in [-0.05, 0) is 52.0 Å². The smallest absolute Gasteiger partial charge is 0.272 e. The van der Waals surface area contributed by atoms with Gasteiger partial charge in [0.05, 0.1) is 24.0 Å². The van der Waals surface area contributed by atoms with Crippen LogP contribution in [0.25, 0.3) is 0 Å². The molecule has 1 aromatic heterocycles. The molecular formula is C19H23N3O3. The van der Waals surface area contributed by atoms with Crippen LogP contribution >= 0.6 is 0 Å². The number of carbonyl (C=O) groups excluding carboxylic acids is 1. The lowest BCUT2D eigenvalue weighted by Gasteiger charge is -2.15. The highest BCUT2D eigenvalue weighted by Gasteiger charge is 2.08. The number of hydrazone groups is 1. The summed E-state index contributed by atoms with van der Waals surface area (Å²) in [6.07, 6.45) is 4.72. The molecule has 0 bridgehead atoms. The van der Waals surface area contributed by atoms with Crippen LogP contribution in [0.2, 0.25) is 0 Å². The van der Waals surface area contributed by atoms with Gasteiger partial charge in [0.25, 0.3) is 5.91 Å². The van der Waals surface area contributed by atoms with Gasteiger partial charge in [0.15, 0.2) is 0 Å². The number of carbonyl (C=O) groups is 1. The summed E-state index contributed by atoms with van der Waals surface area (Å²) in [5.74, 6) is 1.05. The lowest BCUT2D eigenvalue weighted by Crippen LogP contribution is -2.17. The molecule has 0 unspecified atom stereocenters. The van der Waals surface area contributed by atoms with E-state index in [4.69, 9.17) is 9.47 Å². The van der Waals surface area contributed by atoms with Crippen molar-refractivity contribution in [2.45, 2.75) is 39.9 Å². The van der Waals surface area contributed by atoms with E-state index in [1.807, 2.05) is 45.9 Å². The van der Waals surface area contributed by atoms with Gasteiger partial charge in [-0.3, -0.25) is 9.78 Å². The topological polar surface area (TPSA) is 72.8 Å². The van der Waals surface area contributed by atoms with Crippen molar-refractivity contribution in [1.29, 1.82) is 0 Å². The molecule has 1 heterocycles. The fourth-order valence-electron chi connectivity index (χ4n) is 2.04. The molecule has 0 atom stereocenters. The average Bonchev–Trinajstić information content (AvgIpc) is 2.56. The van der Waals surface area contributed by atoms with E-state index in [0.29, 0.717) is 11.3 Å². The van der Waals surface area contributed by atoms with Crippen LogP contribution in [0.4, 0.5) is 0 Å². The number of hydrogen-bond acceptors (Lipinski definition) is 5. The molecule has 25 heavy (non-hydrogen) atoms. The van der Waals surface area contributed by atoms with E-state index in [1.54, 1.807) is 24.5 Å². The summed E-state index contributed by atoms with van der Waals surface area (Å²) in [7, 11) is 0. The Hall–Kier alpha value is -2.89. The fourth-order valence-corrected chi connectivity index (χ4v) is 2.04. The fraction of sp³-hybridized carbons (Fsp3) is 0.316. The maximum atomic E-state index is 12.0. The van der Waals surface area contributed by atoms with Gasteiger partial charge in [0.2, 0.25) is 0 Å². The van der Waals surface area contributed by atoms with Crippen LogP contribution in [0.5, 0.6) is 11.5 Å². The molecule has 2 rings (SSSR count). The summed E-state index contributed by atoms with van der Waals surface area (Å²) in [5, 5.41) is 4.00. The number of ether oxygens (including phenoxy) is 2. The zero-order valence-corrected chi connectivity index (χ0v) is 14.9. The van der Waals surface area contributed by atoms with Crippen molar-refractivity contribution in [1.82, 2.24) is 10.4 Å². The Morgan fingerprint density at radius 1 is 1.16 bits per heavy atom. The SMILES string of the molecule is CC(C)Oc1ccc(C=NNC(=O)c2cccnc2)c(OC(C)C)c1. The highest BCUT2D eigenvalue weighted by atomic mass is 16.5. The van der Waals surface area contributed by atoms with Crippen molar-refractivity contribution < 1.29 is 14.3 Å². The van der Waals surface area contributed by atoms with Crippen molar-refractivity contribution in [2.24, 2.45) is 5.10 Å². The summed E-state index contributed by atoms with van der Waals surface area (Å²) < 4.78 is 11.5. The second-order valence-corrected chi connectivity index (χ2v) is 5.97. The number of pyridine rings is 1. The van der Waals surface area contributed by atoms with Gasteiger partial charge >= 0.3 is 0 Å². The number of aromatic nitrogens is 1. The zero-order chi connectivity index (χ0) is 18.2. The molecule has 0 aliphatic carbocycles. The summed E-state index contributed by atoms with van der Waals surface area (Å²) in [6, 6.07) is 8.88. The van der Waals surface area contributed by atoms with Crippen LogP contribution in [-0.2, 0) is 0 Å². The lowest BCUT2D eigenvalue weighted by molar-refractivity contribution is 0.0954. The number of hydrogen-bond donors (Lipinski definition) is 1. The Balaban J connectivity index is 2.12. The molecule has 0 spiro atoms. The predicted molar refractivity (Wildman–Crippen MR) is 97.3 cm³/mol. The minimum Gasteiger partial charge on any atom is -0.491 e. The molecule has 132 valence electrons. The van der Waals surface area contributed by atoms with Crippen molar-refractivity contribution in [2.75, 3.05) is 0 Å². The van der Waals surface area contributed by atoms with E-state index in [2.05, 4.69) is 15.5 Å². The molecule has 0 aliphatic rings. The monoisotopic (exact) mass is 341 g/mol. The second-order valence-electron chi connectivity index (χ2n) is 5.97. The molecular weight excluding hydrogens is 318 g/mol. The quantitative estimate of drug-likeness (QED) is 0.619. The summed E-state index contributed by atoms with van der Waals surface area (Å²) in [5.41, 5.74) is 3.67. The second kappa shape index (κ2) is 8.82. The lowest BCUT2D eigenvalue weighted by atomic mass is 10.2. The van der Waals surface area contributed by atoms with Crippen LogP contribution in [0.3, 0.4) is 0 Å². The minimum atomic E-state index is -0.324. The van der Waals surface area contributed by atoms with Crippen LogP contribution in [-0.4, -0.2) is 29.3 Å². The van der Waals surface area contributed by atoms with Crippen molar-refractivity contribution in [3.8, 4) is 11.5 Å². The normalized spacial score (nSPS) is 11.1. The standard InChI is InChI=1S/C19H23N3O3/c1-13(2)24-17-8-7-15(18(10-17)25-14(3)4)12-21-22-19(23)16-6-5-9-20-11-16/h5-14H,1-4H3,(H,22,23). The third kappa shape index (κ3) is 5.91. The van der Waals surface area contributed by atoms with Crippen molar-refractivity contribution in [3.63, 3.8) is 0 Å². The maximum absolute atomic E-state index is 12.0. The van der Waals surface area contributed by atoms with E-state index in [-0.39, 0.29) is 18.1 Å². The first-order chi connectivity index (χ1) is 12.0. The maximum Gasteiger partial charge on any atom is 0.272 e. The zero-order valence-electron chi connectivity index (χ0n) is 14.9. The summed E-state index contributed by atoms with van der Waals surface area (Å²) in [6.45, 7) is 7.82. The Morgan fingerprint density at radius 2 is 1.92 bits per heavy atom. The third-order valence-corrected chi connectivity index (χ3v) is 3.01. The van der Waals surface area contributed by atoms with Crippen LogP contribution in [0.15, 0.2) is 47.8 Å². The van der Waals surface area contributed by atoms with Crippen LogP contribution in [0.1, 0.15) is 43.6 Å².